The van der Waals surface area contributed by atoms with Gasteiger partial charge in [-0.25, -0.2) is 0 Å². The number of benzene rings is 2. The first-order chi connectivity index (χ1) is 15.0. The minimum absolute atomic E-state index is 0.00212. The summed E-state index contributed by atoms with van der Waals surface area (Å²) in [5.41, 5.74) is -0.278. The van der Waals surface area contributed by atoms with Crippen molar-refractivity contribution < 1.29 is 35.1 Å². The van der Waals surface area contributed by atoms with E-state index in [0.717, 1.165) is 17.2 Å². The molecule has 3 rings (SSSR count). The fourth-order valence-corrected chi connectivity index (χ4v) is 3.67. The lowest BCUT2D eigenvalue weighted by molar-refractivity contribution is -0.00706. The fraction of sp³-hybridized carbons (Fsp3) is 0.320. The molecule has 0 unspecified atom stereocenters. The van der Waals surface area contributed by atoms with Crippen molar-refractivity contribution in [3.63, 3.8) is 0 Å². The third-order valence-corrected chi connectivity index (χ3v) is 5.50. The van der Waals surface area contributed by atoms with Crippen LogP contribution in [0.4, 0.5) is 0 Å². The van der Waals surface area contributed by atoms with Crippen LogP contribution in [-0.2, 0) is 18.4 Å². The third-order valence-electron chi connectivity index (χ3n) is 5.50. The molecule has 0 amide bonds. The van der Waals surface area contributed by atoms with Gasteiger partial charge in [0.25, 0.3) is 0 Å². The maximum absolute atomic E-state index is 13.4. The first-order valence-electron chi connectivity index (χ1n) is 10.3. The number of ether oxygens (including phenoxy) is 1. The molecule has 2 aromatic carbocycles. The smallest absolute Gasteiger partial charge is 0.210 e. The summed E-state index contributed by atoms with van der Waals surface area (Å²) < 4.78 is 5.71. The van der Waals surface area contributed by atoms with Gasteiger partial charge < -0.3 is 30.3 Å². The quantitative estimate of drug-likeness (QED) is 0.445. The van der Waals surface area contributed by atoms with Crippen LogP contribution in [0.15, 0.2) is 41.5 Å². The number of Topliss-reactive ketones (excluding diaryl/α,β-unsaturated/α-hetero) is 1. The number of carbonyl (C=O) groups excluding carboxylic acids is 1. The Morgan fingerprint density at radius 3 is 2.12 bits per heavy atom. The summed E-state index contributed by atoms with van der Waals surface area (Å²) in [6.45, 7) is 6.96. The van der Waals surface area contributed by atoms with Crippen molar-refractivity contribution in [1.29, 1.82) is 0 Å². The molecule has 0 spiro atoms. The van der Waals surface area contributed by atoms with E-state index in [4.69, 9.17) is 4.74 Å². The summed E-state index contributed by atoms with van der Waals surface area (Å²) >= 11 is 0. The van der Waals surface area contributed by atoms with Gasteiger partial charge in [0, 0.05) is 22.8 Å². The zero-order chi connectivity index (χ0) is 23.8. The summed E-state index contributed by atoms with van der Waals surface area (Å²) in [5.74, 6) is -2.23. The molecule has 0 bridgehead atoms. The molecular formula is C25H28O7. The number of phenols is 4. The topological polar surface area (TPSA) is 127 Å². The van der Waals surface area contributed by atoms with Crippen LogP contribution >= 0.6 is 0 Å². The largest absolute Gasteiger partial charge is 0.508 e. The molecule has 32 heavy (non-hydrogen) atoms. The second-order valence-corrected chi connectivity index (χ2v) is 8.51. The first kappa shape index (κ1) is 23.2. The van der Waals surface area contributed by atoms with Gasteiger partial charge in [-0.2, -0.15) is 0 Å². The van der Waals surface area contributed by atoms with Gasteiger partial charge in [0.1, 0.15) is 40.9 Å². The molecule has 1 aliphatic rings. The van der Waals surface area contributed by atoms with Crippen molar-refractivity contribution >= 4 is 5.78 Å². The maximum atomic E-state index is 13.4. The van der Waals surface area contributed by atoms with Crippen LogP contribution < -0.4 is 4.74 Å². The van der Waals surface area contributed by atoms with E-state index in [1.54, 1.807) is 6.08 Å². The van der Waals surface area contributed by atoms with E-state index in [-0.39, 0.29) is 46.8 Å². The number of hydrogen-bond donors (Lipinski definition) is 5. The molecule has 1 aliphatic heterocycles. The lowest BCUT2D eigenvalue weighted by Crippen LogP contribution is -2.45. The van der Waals surface area contributed by atoms with Gasteiger partial charge >= 0.3 is 0 Å². The molecule has 0 aromatic heterocycles. The molecule has 2 aromatic rings. The monoisotopic (exact) mass is 440 g/mol. The second-order valence-electron chi connectivity index (χ2n) is 8.51. The normalized spacial score (nSPS) is 17.3. The number of hydrogen-bond acceptors (Lipinski definition) is 7. The van der Waals surface area contributed by atoms with Gasteiger partial charge in [-0.05, 0) is 52.7 Å². The van der Waals surface area contributed by atoms with E-state index in [1.165, 1.54) is 12.1 Å². The summed E-state index contributed by atoms with van der Waals surface area (Å²) in [5, 5.41) is 53.0. The average molecular weight is 440 g/mol. The number of fused-ring (bicyclic) bond motifs is 1. The number of ketones is 1. The zero-order valence-electron chi connectivity index (χ0n) is 18.6. The Bertz CT molecular complexity index is 1140. The molecule has 1 heterocycles. The van der Waals surface area contributed by atoms with Gasteiger partial charge in [-0.3, -0.25) is 4.79 Å². The van der Waals surface area contributed by atoms with E-state index >= 15 is 0 Å². The summed E-state index contributed by atoms with van der Waals surface area (Å²) in [6, 6.07) is 3.59. The molecule has 0 saturated heterocycles. The molecule has 170 valence electrons. The average Bonchev–Trinajstić information content (AvgIpc) is 2.69. The van der Waals surface area contributed by atoms with Crippen LogP contribution in [0.2, 0.25) is 0 Å². The number of phenolic OH excluding ortho intramolecular Hbond substituents is 4. The minimum atomic E-state index is -2.30. The number of aliphatic hydroxyl groups is 1. The SMILES string of the molecule is CC(C)=CCc1c(O)ccc([C@]2(O)COc3c(CC=C(C)C)c(O)cc(O)c3C2=O)c1O. The molecule has 7 nitrogen and oxygen atoms in total. The van der Waals surface area contributed by atoms with Crippen molar-refractivity contribution in [3.05, 3.63) is 63.8 Å². The number of allylic oxidation sites excluding steroid dienone is 4. The zero-order valence-corrected chi connectivity index (χ0v) is 18.6. The lowest BCUT2D eigenvalue weighted by Gasteiger charge is -2.34. The highest BCUT2D eigenvalue weighted by Crippen LogP contribution is 2.48. The maximum Gasteiger partial charge on any atom is 0.210 e. The molecule has 0 saturated carbocycles. The predicted octanol–water partition coefficient (Wildman–Crippen LogP) is 3.99. The van der Waals surface area contributed by atoms with Gasteiger partial charge in [-0.15, -0.1) is 0 Å². The molecule has 7 heteroatoms. The Morgan fingerprint density at radius 1 is 0.938 bits per heavy atom. The first-order valence-corrected chi connectivity index (χ1v) is 10.3. The standard InChI is InChI=1S/C25H28O7/c1-13(2)5-7-15-18(26)10-9-17(22(15)29)25(31)12-32-23-16(8-6-14(3)4)19(27)11-20(28)21(23)24(25)30/h5-6,9-11,26-29,31H,7-8,12H2,1-4H3/t25-/m1/s1. The van der Waals surface area contributed by atoms with Crippen LogP contribution in [0.25, 0.3) is 0 Å². The third kappa shape index (κ3) is 4.03. The van der Waals surface area contributed by atoms with Crippen LogP contribution in [-0.4, -0.2) is 37.9 Å². The molecular weight excluding hydrogens is 412 g/mol. The Labute approximate surface area is 186 Å². The summed E-state index contributed by atoms with van der Waals surface area (Å²) in [7, 11) is 0. The second kappa shape index (κ2) is 8.59. The highest BCUT2D eigenvalue weighted by atomic mass is 16.5. The van der Waals surface area contributed by atoms with Gasteiger partial charge in [-0.1, -0.05) is 23.3 Å². The van der Waals surface area contributed by atoms with E-state index in [9.17, 15) is 30.3 Å². The van der Waals surface area contributed by atoms with E-state index in [1.807, 2.05) is 33.8 Å². The van der Waals surface area contributed by atoms with E-state index < -0.39 is 29.5 Å². The lowest BCUT2D eigenvalue weighted by atomic mass is 9.81. The number of aromatic hydroxyl groups is 4. The van der Waals surface area contributed by atoms with Crippen molar-refractivity contribution in [2.45, 2.75) is 46.1 Å². The molecule has 5 N–H and O–H groups in total. The van der Waals surface area contributed by atoms with Gasteiger partial charge in [0.15, 0.2) is 5.60 Å². The van der Waals surface area contributed by atoms with Crippen LogP contribution in [0, 0.1) is 0 Å². The highest BCUT2D eigenvalue weighted by molar-refractivity contribution is 6.09. The van der Waals surface area contributed by atoms with Crippen LogP contribution in [0.3, 0.4) is 0 Å². The minimum Gasteiger partial charge on any atom is -0.508 e. The fourth-order valence-electron chi connectivity index (χ4n) is 3.67. The van der Waals surface area contributed by atoms with Gasteiger partial charge in [0.05, 0.1) is 0 Å². The molecule has 1 atom stereocenters. The summed E-state index contributed by atoms with van der Waals surface area (Å²) in [4.78, 5) is 13.4. The Hall–Kier alpha value is -3.45. The number of rotatable bonds is 5. The number of carbonyl (C=O) groups is 1. The van der Waals surface area contributed by atoms with Crippen molar-refractivity contribution in [3.8, 4) is 28.7 Å². The van der Waals surface area contributed by atoms with Crippen LogP contribution in [0.1, 0.15) is 54.7 Å². The van der Waals surface area contributed by atoms with Crippen LogP contribution in [0.5, 0.6) is 28.7 Å². The Balaban J connectivity index is 2.14. The van der Waals surface area contributed by atoms with E-state index in [2.05, 4.69) is 0 Å². The molecule has 0 fully saturated rings. The van der Waals surface area contributed by atoms with Crippen molar-refractivity contribution in [1.82, 2.24) is 0 Å². The van der Waals surface area contributed by atoms with Crippen molar-refractivity contribution in [2.24, 2.45) is 0 Å². The highest BCUT2D eigenvalue weighted by Gasteiger charge is 2.48. The van der Waals surface area contributed by atoms with Gasteiger partial charge in [0.2, 0.25) is 5.78 Å². The Morgan fingerprint density at radius 2 is 1.53 bits per heavy atom. The predicted molar refractivity (Wildman–Crippen MR) is 120 cm³/mol. The Kier molecular flexibility index (Phi) is 6.23. The van der Waals surface area contributed by atoms with Crippen molar-refractivity contribution in [2.75, 3.05) is 6.61 Å². The molecule has 0 aliphatic carbocycles. The summed E-state index contributed by atoms with van der Waals surface area (Å²) in [6.07, 6.45) is 4.09. The molecule has 0 radical (unpaired) electrons. The van der Waals surface area contributed by atoms with E-state index in [0.29, 0.717) is 5.56 Å².